The molecule has 2 bridgehead atoms. The molecule has 3 fully saturated rings. The highest BCUT2D eigenvalue weighted by atomic mass is 35.5. The molecule has 0 spiro atoms. The molecule has 2 aliphatic carbocycles. The minimum absolute atomic E-state index is 0.120. The quantitative estimate of drug-likeness (QED) is 0.413. The van der Waals surface area contributed by atoms with E-state index in [2.05, 4.69) is 0 Å². The van der Waals surface area contributed by atoms with Crippen LogP contribution < -0.4 is 4.74 Å². The van der Waals surface area contributed by atoms with Crippen molar-refractivity contribution in [2.24, 2.45) is 23.7 Å². The molecule has 35 heavy (non-hydrogen) atoms. The Hall–Kier alpha value is -2.90. The Morgan fingerprint density at radius 1 is 0.943 bits per heavy atom. The first-order chi connectivity index (χ1) is 16.7. The number of hydrogen-bond donors (Lipinski definition) is 0. The summed E-state index contributed by atoms with van der Waals surface area (Å²) in [5.41, 5.74) is 0.444. The van der Waals surface area contributed by atoms with Crippen molar-refractivity contribution in [2.75, 3.05) is 7.11 Å². The molecule has 0 N–H and O–H groups in total. The molecule has 2 aromatic rings. The Bertz CT molecular complexity index is 1200. The summed E-state index contributed by atoms with van der Waals surface area (Å²) in [6, 6.07) is 9.62. The summed E-state index contributed by atoms with van der Waals surface area (Å²) in [6.07, 6.45) is 2.67. The molecule has 7 nitrogen and oxygen atoms in total. The number of ketones is 1. The number of carbonyl (C=O) groups excluding carboxylic acids is 4. The molecular weight excluding hydrogens is 491 g/mol. The van der Waals surface area contributed by atoms with Gasteiger partial charge in [-0.25, -0.2) is 5.01 Å². The number of methoxy groups -OCH3 is 1. The van der Waals surface area contributed by atoms with Crippen LogP contribution in [0.15, 0.2) is 42.5 Å². The Balaban J connectivity index is 1.54. The lowest BCUT2D eigenvalue weighted by Crippen LogP contribution is -2.56. The zero-order valence-electron chi connectivity index (χ0n) is 19.2. The molecule has 1 aliphatic heterocycles. The fourth-order valence-electron chi connectivity index (χ4n) is 5.91. The van der Waals surface area contributed by atoms with Crippen molar-refractivity contribution in [1.82, 2.24) is 10.0 Å². The van der Waals surface area contributed by atoms with E-state index in [9.17, 15) is 19.2 Å². The second kappa shape index (κ2) is 8.95. The number of benzene rings is 2. The van der Waals surface area contributed by atoms with E-state index < -0.39 is 41.4 Å². The molecule has 182 valence electrons. The van der Waals surface area contributed by atoms with Crippen LogP contribution in [0, 0.1) is 23.7 Å². The van der Waals surface area contributed by atoms with Crippen molar-refractivity contribution in [3.8, 4) is 5.75 Å². The molecule has 3 aliphatic rings. The van der Waals surface area contributed by atoms with Crippen LogP contribution in [-0.2, 0) is 9.59 Å². The van der Waals surface area contributed by atoms with E-state index in [0.29, 0.717) is 11.3 Å². The van der Waals surface area contributed by atoms with E-state index in [1.54, 1.807) is 24.3 Å². The average Bonchev–Trinajstić information content (AvgIpc) is 3.55. The third-order valence-electron chi connectivity index (χ3n) is 7.62. The Labute approximate surface area is 212 Å². The monoisotopic (exact) mass is 514 g/mol. The second-order valence-electron chi connectivity index (χ2n) is 9.42. The lowest BCUT2D eigenvalue weighted by Gasteiger charge is -2.35. The van der Waals surface area contributed by atoms with Crippen LogP contribution in [0.4, 0.5) is 0 Å². The predicted octanol–water partition coefficient (Wildman–Crippen LogP) is 4.66. The van der Waals surface area contributed by atoms with Gasteiger partial charge in [0.05, 0.1) is 29.0 Å². The van der Waals surface area contributed by atoms with Gasteiger partial charge in [-0.05, 0) is 80.5 Å². The first-order valence-electron chi connectivity index (χ1n) is 11.6. The molecule has 0 aromatic heterocycles. The number of imide groups is 1. The Morgan fingerprint density at radius 3 is 2.06 bits per heavy atom. The summed E-state index contributed by atoms with van der Waals surface area (Å²) in [4.78, 5) is 54.4. The molecule has 1 saturated heterocycles. The van der Waals surface area contributed by atoms with E-state index in [1.807, 2.05) is 0 Å². The van der Waals surface area contributed by atoms with Crippen LogP contribution >= 0.6 is 23.2 Å². The smallest absolute Gasteiger partial charge is 0.273 e. The highest BCUT2D eigenvalue weighted by Gasteiger charge is 2.63. The van der Waals surface area contributed by atoms with Crippen LogP contribution in [-0.4, -0.2) is 46.7 Å². The van der Waals surface area contributed by atoms with Gasteiger partial charge < -0.3 is 4.74 Å². The predicted molar refractivity (Wildman–Crippen MR) is 129 cm³/mol. The number of ether oxygens (including phenoxy) is 1. The van der Waals surface area contributed by atoms with Gasteiger partial charge in [-0.2, -0.15) is 5.01 Å². The van der Waals surface area contributed by atoms with Gasteiger partial charge in [-0.15, -0.1) is 0 Å². The SMILES string of the molecule is COc1ccc(C(=O)[C@H](C)N(C(=O)c2ccc(Cl)c(Cl)c2)N2C(=O)[C@H]3[C@H]4CC[C@@H](C4)[C@@H]3C2=O)cc1. The zero-order valence-corrected chi connectivity index (χ0v) is 20.8. The second-order valence-corrected chi connectivity index (χ2v) is 10.2. The van der Waals surface area contributed by atoms with Gasteiger partial charge in [0.25, 0.3) is 17.7 Å². The minimum Gasteiger partial charge on any atom is -0.497 e. The normalized spacial score (nSPS) is 25.5. The van der Waals surface area contributed by atoms with Gasteiger partial charge in [-0.3, -0.25) is 19.2 Å². The van der Waals surface area contributed by atoms with Crippen molar-refractivity contribution >= 4 is 46.7 Å². The Morgan fingerprint density at radius 2 is 1.51 bits per heavy atom. The number of rotatable bonds is 6. The van der Waals surface area contributed by atoms with Gasteiger partial charge in [0.15, 0.2) is 5.78 Å². The number of hydrogen-bond acceptors (Lipinski definition) is 5. The number of amides is 3. The van der Waals surface area contributed by atoms with E-state index >= 15 is 0 Å². The van der Waals surface area contributed by atoms with Crippen LogP contribution in [0.1, 0.15) is 46.9 Å². The van der Waals surface area contributed by atoms with Crippen LogP contribution in [0.3, 0.4) is 0 Å². The standard InChI is InChI=1S/C26H24Cl2N2O5/c1-13(23(31)14-5-8-18(35-2)9-6-14)29(24(32)17-7-10-19(27)20(28)12-17)30-25(33)21-15-3-4-16(11-15)22(21)26(30)34/h5-10,12-13,15-16,21-22H,3-4,11H2,1-2H3/t13-,15-,16-,21-,22-/m0/s1. The van der Waals surface area contributed by atoms with Gasteiger partial charge in [-0.1, -0.05) is 23.2 Å². The summed E-state index contributed by atoms with van der Waals surface area (Å²) >= 11 is 12.2. The first-order valence-corrected chi connectivity index (χ1v) is 12.3. The maximum atomic E-state index is 13.8. The lowest BCUT2D eigenvalue weighted by molar-refractivity contribution is -0.157. The van der Waals surface area contributed by atoms with Crippen molar-refractivity contribution < 1.29 is 23.9 Å². The Kier molecular flexibility index (Phi) is 6.09. The molecule has 9 heteroatoms. The number of nitrogens with zero attached hydrogens (tertiary/aromatic N) is 2. The van der Waals surface area contributed by atoms with Gasteiger partial charge >= 0.3 is 0 Å². The van der Waals surface area contributed by atoms with Crippen molar-refractivity contribution in [1.29, 1.82) is 0 Å². The number of hydrazine groups is 1. The summed E-state index contributed by atoms with van der Waals surface area (Å²) < 4.78 is 5.15. The van der Waals surface area contributed by atoms with Crippen LogP contribution in [0.2, 0.25) is 10.0 Å². The molecule has 5 rings (SSSR count). The number of Topliss-reactive ketones (excluding diaryl/α,β-unsaturated/α-hetero) is 1. The molecule has 5 atom stereocenters. The molecule has 0 radical (unpaired) electrons. The first kappa shape index (κ1) is 23.8. The molecule has 1 heterocycles. The van der Waals surface area contributed by atoms with E-state index in [0.717, 1.165) is 29.3 Å². The van der Waals surface area contributed by atoms with Gasteiger partial charge in [0.2, 0.25) is 0 Å². The largest absolute Gasteiger partial charge is 0.497 e. The zero-order chi connectivity index (χ0) is 25.0. The third kappa shape index (κ3) is 3.81. The van der Waals surface area contributed by atoms with Crippen LogP contribution in [0.25, 0.3) is 0 Å². The number of halogens is 2. The topological polar surface area (TPSA) is 84.0 Å². The van der Waals surface area contributed by atoms with E-state index in [4.69, 9.17) is 27.9 Å². The molecule has 2 aromatic carbocycles. The third-order valence-corrected chi connectivity index (χ3v) is 8.35. The van der Waals surface area contributed by atoms with Crippen molar-refractivity contribution in [3.05, 3.63) is 63.6 Å². The lowest BCUT2D eigenvalue weighted by atomic mass is 9.81. The van der Waals surface area contributed by atoms with Gasteiger partial charge in [0.1, 0.15) is 11.8 Å². The average molecular weight is 515 g/mol. The number of carbonyl (C=O) groups is 4. The minimum atomic E-state index is -1.13. The maximum absolute atomic E-state index is 13.8. The highest BCUT2D eigenvalue weighted by Crippen LogP contribution is 2.56. The fourth-order valence-corrected chi connectivity index (χ4v) is 6.21. The summed E-state index contributed by atoms with van der Waals surface area (Å²) in [5, 5.41) is 2.35. The van der Waals surface area contributed by atoms with Gasteiger partial charge in [0, 0.05) is 11.1 Å². The van der Waals surface area contributed by atoms with E-state index in [-0.39, 0.29) is 27.4 Å². The van der Waals surface area contributed by atoms with Crippen molar-refractivity contribution in [3.63, 3.8) is 0 Å². The maximum Gasteiger partial charge on any atom is 0.273 e. The molecule has 2 saturated carbocycles. The molecule has 0 unspecified atom stereocenters. The molecular formula is C26H24Cl2N2O5. The fraction of sp³-hybridized carbons (Fsp3) is 0.385. The van der Waals surface area contributed by atoms with E-state index in [1.165, 1.54) is 32.2 Å². The molecule has 3 amide bonds. The number of fused-ring (bicyclic) bond motifs is 5. The van der Waals surface area contributed by atoms with Crippen LogP contribution in [0.5, 0.6) is 5.75 Å². The van der Waals surface area contributed by atoms with Crippen molar-refractivity contribution in [2.45, 2.75) is 32.2 Å². The summed E-state index contributed by atoms with van der Waals surface area (Å²) in [7, 11) is 1.52. The summed E-state index contributed by atoms with van der Waals surface area (Å²) in [6.45, 7) is 1.52. The summed E-state index contributed by atoms with van der Waals surface area (Å²) in [5.74, 6) is -1.92. The highest BCUT2D eigenvalue weighted by molar-refractivity contribution is 6.42.